The van der Waals surface area contributed by atoms with Crippen molar-refractivity contribution in [3.8, 4) is 0 Å². The van der Waals surface area contributed by atoms with Crippen molar-refractivity contribution in [3.05, 3.63) is 65.2 Å². The van der Waals surface area contributed by atoms with Crippen molar-refractivity contribution in [1.82, 2.24) is 5.32 Å². The summed E-state index contributed by atoms with van der Waals surface area (Å²) in [6.45, 7) is 1.96. The van der Waals surface area contributed by atoms with E-state index in [1.54, 1.807) is 18.2 Å². The molecule has 0 unspecified atom stereocenters. The predicted molar refractivity (Wildman–Crippen MR) is 92.1 cm³/mol. The van der Waals surface area contributed by atoms with E-state index in [-0.39, 0.29) is 18.1 Å². The van der Waals surface area contributed by atoms with Gasteiger partial charge in [-0.2, -0.15) is 0 Å². The first kappa shape index (κ1) is 17.9. The van der Waals surface area contributed by atoms with Gasteiger partial charge in [0.05, 0.1) is 21.3 Å². The van der Waals surface area contributed by atoms with Crippen molar-refractivity contribution in [1.29, 1.82) is 0 Å². The number of benzene rings is 2. The first-order chi connectivity index (χ1) is 11.5. The van der Waals surface area contributed by atoms with E-state index in [0.29, 0.717) is 11.4 Å². The highest BCUT2D eigenvalue weighted by molar-refractivity contribution is 7.84. The molecule has 6 heteroatoms. The number of hydrogen-bond donors (Lipinski definition) is 1. The first-order valence-corrected chi connectivity index (χ1v) is 8.95. The van der Waals surface area contributed by atoms with Gasteiger partial charge in [0, 0.05) is 12.8 Å². The van der Waals surface area contributed by atoms with Crippen LogP contribution in [0, 0.1) is 6.92 Å². The molecule has 1 N–H and O–H groups in total. The number of esters is 1. The monoisotopic (exact) mass is 345 g/mol. The summed E-state index contributed by atoms with van der Waals surface area (Å²) in [4.78, 5) is 24.3. The Labute approximate surface area is 143 Å². The highest BCUT2D eigenvalue weighted by Gasteiger charge is 2.16. The van der Waals surface area contributed by atoms with E-state index >= 15 is 0 Å². The van der Waals surface area contributed by atoms with Gasteiger partial charge in [-0.3, -0.25) is 9.00 Å². The summed E-state index contributed by atoms with van der Waals surface area (Å²) in [6, 6.07) is 14.2. The SMILES string of the molecule is Cc1ccccc1CNC(=O)COC(=O)c1ccccc1[S@@](C)=O. The third kappa shape index (κ3) is 4.76. The topological polar surface area (TPSA) is 72.5 Å². The molecule has 0 saturated carbocycles. The summed E-state index contributed by atoms with van der Waals surface area (Å²) in [7, 11) is -1.31. The van der Waals surface area contributed by atoms with Crippen LogP contribution in [0.25, 0.3) is 0 Å². The van der Waals surface area contributed by atoms with Crippen LogP contribution in [0.3, 0.4) is 0 Å². The van der Waals surface area contributed by atoms with Gasteiger partial charge in [0.1, 0.15) is 0 Å². The summed E-state index contributed by atoms with van der Waals surface area (Å²) >= 11 is 0. The molecule has 0 saturated heterocycles. The summed E-state index contributed by atoms with van der Waals surface area (Å²) in [5, 5.41) is 2.71. The largest absolute Gasteiger partial charge is 0.452 e. The minimum Gasteiger partial charge on any atom is -0.452 e. The Morgan fingerprint density at radius 2 is 1.75 bits per heavy atom. The van der Waals surface area contributed by atoms with E-state index in [4.69, 9.17) is 4.74 Å². The summed E-state index contributed by atoms with van der Waals surface area (Å²) in [5.41, 5.74) is 2.29. The zero-order valence-electron chi connectivity index (χ0n) is 13.6. The Bertz CT molecular complexity index is 773. The maximum Gasteiger partial charge on any atom is 0.339 e. The zero-order valence-corrected chi connectivity index (χ0v) is 14.4. The van der Waals surface area contributed by atoms with Crippen LogP contribution in [0.4, 0.5) is 0 Å². The van der Waals surface area contributed by atoms with Crippen molar-refractivity contribution >= 4 is 22.7 Å². The molecule has 2 aromatic rings. The Kier molecular flexibility index (Phi) is 6.26. The van der Waals surface area contributed by atoms with Crippen LogP contribution in [0.2, 0.25) is 0 Å². The highest BCUT2D eigenvalue weighted by Crippen LogP contribution is 2.13. The van der Waals surface area contributed by atoms with Crippen LogP contribution < -0.4 is 5.32 Å². The Balaban J connectivity index is 1.89. The smallest absolute Gasteiger partial charge is 0.339 e. The van der Waals surface area contributed by atoms with Gasteiger partial charge in [0.25, 0.3) is 5.91 Å². The van der Waals surface area contributed by atoms with E-state index in [2.05, 4.69) is 5.32 Å². The van der Waals surface area contributed by atoms with Gasteiger partial charge in [-0.1, -0.05) is 36.4 Å². The number of carbonyl (C=O) groups excluding carboxylic acids is 2. The summed E-state index contributed by atoms with van der Waals surface area (Å²) in [5.74, 6) is -1.05. The van der Waals surface area contributed by atoms with E-state index < -0.39 is 16.8 Å². The number of carbonyl (C=O) groups is 2. The van der Waals surface area contributed by atoms with Crippen LogP contribution in [0.5, 0.6) is 0 Å². The average molecular weight is 345 g/mol. The Morgan fingerprint density at radius 1 is 1.08 bits per heavy atom. The van der Waals surface area contributed by atoms with Crippen molar-refractivity contribution in [2.75, 3.05) is 12.9 Å². The number of nitrogens with one attached hydrogen (secondary N) is 1. The molecule has 126 valence electrons. The Morgan fingerprint density at radius 3 is 2.46 bits per heavy atom. The molecule has 0 heterocycles. The number of ether oxygens (including phenoxy) is 1. The fraction of sp³-hybridized carbons (Fsp3) is 0.222. The van der Waals surface area contributed by atoms with E-state index in [0.717, 1.165) is 11.1 Å². The lowest BCUT2D eigenvalue weighted by molar-refractivity contribution is -0.124. The van der Waals surface area contributed by atoms with Crippen molar-refractivity contribution in [2.24, 2.45) is 0 Å². The van der Waals surface area contributed by atoms with Gasteiger partial charge in [0.2, 0.25) is 0 Å². The normalized spacial score (nSPS) is 11.6. The molecule has 0 aliphatic rings. The number of aryl methyl sites for hydroxylation is 1. The Hall–Kier alpha value is -2.47. The van der Waals surface area contributed by atoms with E-state index in [1.165, 1.54) is 12.3 Å². The summed E-state index contributed by atoms with van der Waals surface area (Å²) < 4.78 is 16.6. The number of rotatable bonds is 6. The van der Waals surface area contributed by atoms with Crippen LogP contribution in [0.1, 0.15) is 21.5 Å². The van der Waals surface area contributed by atoms with Crippen molar-refractivity contribution < 1.29 is 18.5 Å². The molecule has 0 aromatic heterocycles. The van der Waals surface area contributed by atoms with Crippen molar-refractivity contribution in [2.45, 2.75) is 18.4 Å². The van der Waals surface area contributed by atoms with E-state index in [9.17, 15) is 13.8 Å². The van der Waals surface area contributed by atoms with Gasteiger partial charge >= 0.3 is 5.97 Å². The fourth-order valence-corrected chi connectivity index (χ4v) is 2.88. The van der Waals surface area contributed by atoms with Crippen LogP contribution >= 0.6 is 0 Å². The van der Waals surface area contributed by atoms with Gasteiger partial charge in [-0.15, -0.1) is 0 Å². The second kappa shape index (κ2) is 8.40. The van der Waals surface area contributed by atoms with Crippen molar-refractivity contribution in [3.63, 3.8) is 0 Å². The second-order valence-electron chi connectivity index (χ2n) is 5.23. The van der Waals surface area contributed by atoms with Crippen LogP contribution in [-0.4, -0.2) is 28.9 Å². The molecule has 24 heavy (non-hydrogen) atoms. The lowest BCUT2D eigenvalue weighted by Crippen LogP contribution is -2.28. The molecule has 2 rings (SSSR count). The van der Waals surface area contributed by atoms with Gasteiger partial charge < -0.3 is 10.1 Å². The quantitative estimate of drug-likeness (QED) is 0.815. The molecular weight excluding hydrogens is 326 g/mol. The molecule has 0 bridgehead atoms. The summed E-state index contributed by atoms with van der Waals surface area (Å²) in [6.07, 6.45) is 1.49. The molecule has 0 aliphatic heterocycles. The fourth-order valence-electron chi connectivity index (χ4n) is 2.15. The minimum atomic E-state index is -1.31. The molecule has 5 nitrogen and oxygen atoms in total. The van der Waals surface area contributed by atoms with Gasteiger partial charge in [-0.05, 0) is 30.2 Å². The molecule has 1 amide bonds. The molecule has 0 spiro atoms. The lowest BCUT2D eigenvalue weighted by atomic mass is 10.1. The van der Waals surface area contributed by atoms with Crippen LogP contribution in [0.15, 0.2) is 53.4 Å². The number of hydrogen-bond acceptors (Lipinski definition) is 4. The van der Waals surface area contributed by atoms with Crippen LogP contribution in [-0.2, 0) is 26.9 Å². The molecular formula is C18H19NO4S. The molecule has 0 aliphatic carbocycles. The predicted octanol–water partition coefficient (Wildman–Crippen LogP) is 2.21. The molecule has 2 aromatic carbocycles. The number of amides is 1. The molecule has 0 fully saturated rings. The first-order valence-electron chi connectivity index (χ1n) is 7.40. The lowest BCUT2D eigenvalue weighted by Gasteiger charge is -2.09. The maximum absolute atomic E-state index is 12.1. The zero-order chi connectivity index (χ0) is 17.5. The maximum atomic E-state index is 12.1. The van der Waals surface area contributed by atoms with Gasteiger partial charge in [0.15, 0.2) is 6.61 Å². The second-order valence-corrected chi connectivity index (χ2v) is 6.58. The molecule has 1 atom stereocenters. The standard InChI is InChI=1S/C18H19NO4S/c1-13-7-3-4-8-14(13)11-19-17(20)12-23-18(21)15-9-5-6-10-16(15)24(2)22/h3-10H,11-12H2,1-2H3,(H,19,20)/t24-/m1/s1. The van der Waals surface area contributed by atoms with E-state index in [1.807, 2.05) is 31.2 Å². The third-order valence-corrected chi connectivity index (χ3v) is 4.46. The molecule has 0 radical (unpaired) electrons. The highest BCUT2D eigenvalue weighted by atomic mass is 32.2. The minimum absolute atomic E-state index is 0.213. The average Bonchev–Trinajstić information content (AvgIpc) is 2.59. The third-order valence-electron chi connectivity index (χ3n) is 3.49. The van der Waals surface area contributed by atoms with Gasteiger partial charge in [-0.25, -0.2) is 4.79 Å².